The van der Waals surface area contributed by atoms with Crippen LogP contribution in [0.25, 0.3) is 11.3 Å². The summed E-state index contributed by atoms with van der Waals surface area (Å²) in [6.45, 7) is 3.85. The third-order valence-corrected chi connectivity index (χ3v) is 4.99. The van der Waals surface area contributed by atoms with Crippen molar-refractivity contribution < 1.29 is 14.1 Å². The molecule has 0 bridgehead atoms. The second kappa shape index (κ2) is 8.27. The summed E-state index contributed by atoms with van der Waals surface area (Å²) >= 11 is 0. The lowest BCUT2D eigenvalue weighted by Crippen LogP contribution is -2.48. The number of amides is 1. The van der Waals surface area contributed by atoms with E-state index in [0.717, 1.165) is 30.9 Å². The Hall–Kier alpha value is -3.12. The summed E-state index contributed by atoms with van der Waals surface area (Å²) in [6.07, 6.45) is 0. The molecule has 3 aromatic rings. The maximum absolute atomic E-state index is 12.8. The van der Waals surface area contributed by atoms with Crippen LogP contribution in [0.15, 0.2) is 65.2 Å². The minimum absolute atomic E-state index is 0.0769. The number of benzene rings is 2. The number of carbonyl (C=O) groups excluding carboxylic acids is 1. The fraction of sp³-hybridized carbons (Fsp3) is 0.273. The lowest BCUT2D eigenvalue weighted by molar-refractivity contribution is 0.0618. The number of methoxy groups -OCH3 is 1. The van der Waals surface area contributed by atoms with Gasteiger partial charge in [0.1, 0.15) is 5.75 Å². The largest absolute Gasteiger partial charge is 0.497 e. The van der Waals surface area contributed by atoms with Gasteiger partial charge in [-0.05, 0) is 17.7 Å². The number of piperazine rings is 1. The Bertz CT molecular complexity index is 931. The highest BCUT2D eigenvalue weighted by Gasteiger charge is 2.24. The molecule has 1 aliphatic heterocycles. The number of carbonyl (C=O) groups is 1. The molecule has 0 saturated carbocycles. The summed E-state index contributed by atoms with van der Waals surface area (Å²) in [5, 5.41) is 3.98. The van der Waals surface area contributed by atoms with Crippen molar-refractivity contribution in [2.24, 2.45) is 0 Å². The molecule has 0 aliphatic carbocycles. The van der Waals surface area contributed by atoms with Gasteiger partial charge >= 0.3 is 0 Å². The molecule has 6 nitrogen and oxygen atoms in total. The van der Waals surface area contributed by atoms with Gasteiger partial charge in [0, 0.05) is 44.4 Å². The molecule has 4 rings (SSSR count). The van der Waals surface area contributed by atoms with E-state index in [2.05, 4.69) is 22.2 Å². The van der Waals surface area contributed by atoms with E-state index in [9.17, 15) is 4.79 Å². The monoisotopic (exact) mass is 377 g/mol. The van der Waals surface area contributed by atoms with Crippen LogP contribution in [0.1, 0.15) is 16.1 Å². The Balaban J connectivity index is 1.34. The lowest BCUT2D eigenvalue weighted by atomic mass is 10.1. The van der Waals surface area contributed by atoms with E-state index in [1.807, 2.05) is 47.4 Å². The molecule has 0 unspecified atom stereocenters. The molecule has 1 saturated heterocycles. The van der Waals surface area contributed by atoms with Gasteiger partial charge in [0.15, 0.2) is 11.5 Å². The van der Waals surface area contributed by atoms with Gasteiger partial charge in [-0.25, -0.2) is 0 Å². The first-order valence-corrected chi connectivity index (χ1v) is 9.39. The van der Waals surface area contributed by atoms with Gasteiger partial charge in [-0.1, -0.05) is 47.6 Å². The van der Waals surface area contributed by atoms with Crippen LogP contribution in [0.4, 0.5) is 0 Å². The maximum Gasteiger partial charge on any atom is 0.276 e. The fourth-order valence-electron chi connectivity index (χ4n) is 3.41. The van der Waals surface area contributed by atoms with Gasteiger partial charge in [0.05, 0.1) is 7.11 Å². The number of aromatic nitrogens is 1. The topological polar surface area (TPSA) is 58.8 Å². The van der Waals surface area contributed by atoms with Crippen LogP contribution in [0.5, 0.6) is 5.75 Å². The lowest BCUT2D eigenvalue weighted by Gasteiger charge is -2.34. The summed E-state index contributed by atoms with van der Waals surface area (Å²) in [7, 11) is 1.68. The van der Waals surface area contributed by atoms with Crippen molar-refractivity contribution in [3.05, 3.63) is 71.9 Å². The second-order valence-electron chi connectivity index (χ2n) is 6.86. The summed E-state index contributed by atoms with van der Waals surface area (Å²) in [4.78, 5) is 16.9. The van der Waals surface area contributed by atoms with Crippen LogP contribution in [-0.4, -0.2) is 54.2 Å². The first-order chi connectivity index (χ1) is 13.7. The normalized spacial score (nSPS) is 14.8. The molecule has 1 aliphatic rings. The van der Waals surface area contributed by atoms with E-state index >= 15 is 0 Å². The van der Waals surface area contributed by atoms with Crippen LogP contribution < -0.4 is 4.74 Å². The van der Waals surface area contributed by atoms with Crippen molar-refractivity contribution in [1.82, 2.24) is 15.0 Å². The summed E-state index contributed by atoms with van der Waals surface area (Å²) in [6, 6.07) is 19.5. The van der Waals surface area contributed by atoms with Crippen LogP contribution in [-0.2, 0) is 6.54 Å². The summed E-state index contributed by atoms with van der Waals surface area (Å²) in [5.74, 6) is 1.40. The Morgan fingerprint density at radius 2 is 1.82 bits per heavy atom. The first-order valence-electron chi connectivity index (χ1n) is 9.39. The molecule has 2 aromatic carbocycles. The third kappa shape index (κ3) is 4.07. The van der Waals surface area contributed by atoms with Gasteiger partial charge in [-0.2, -0.15) is 0 Å². The highest BCUT2D eigenvalue weighted by Crippen LogP contribution is 2.21. The minimum Gasteiger partial charge on any atom is -0.497 e. The number of rotatable bonds is 5. The number of ether oxygens (including phenoxy) is 1. The van der Waals surface area contributed by atoms with Gasteiger partial charge in [-0.3, -0.25) is 9.69 Å². The molecular weight excluding hydrogens is 354 g/mol. The molecule has 144 valence electrons. The van der Waals surface area contributed by atoms with Crippen LogP contribution in [0, 0.1) is 0 Å². The smallest absolute Gasteiger partial charge is 0.276 e. The Morgan fingerprint density at radius 1 is 1.04 bits per heavy atom. The molecule has 1 fully saturated rings. The van der Waals surface area contributed by atoms with E-state index in [-0.39, 0.29) is 5.91 Å². The molecule has 1 aromatic heterocycles. The second-order valence-corrected chi connectivity index (χ2v) is 6.86. The zero-order valence-corrected chi connectivity index (χ0v) is 15.9. The fourth-order valence-corrected chi connectivity index (χ4v) is 3.41. The van der Waals surface area contributed by atoms with Gasteiger partial charge in [0.25, 0.3) is 5.91 Å². The average molecular weight is 377 g/mol. The third-order valence-electron chi connectivity index (χ3n) is 4.99. The molecular formula is C22H23N3O3. The quantitative estimate of drug-likeness (QED) is 0.683. The predicted octanol–water partition coefficient (Wildman–Crippen LogP) is 3.31. The zero-order chi connectivity index (χ0) is 19.3. The van der Waals surface area contributed by atoms with E-state index in [4.69, 9.17) is 9.26 Å². The first kappa shape index (κ1) is 18.3. The van der Waals surface area contributed by atoms with Crippen molar-refractivity contribution >= 4 is 5.91 Å². The highest BCUT2D eigenvalue weighted by molar-refractivity contribution is 5.93. The SMILES string of the molecule is COc1cccc(CN2CCN(C(=O)c3cc(-c4ccccc4)on3)CC2)c1. The van der Waals surface area contributed by atoms with E-state index < -0.39 is 0 Å². The van der Waals surface area contributed by atoms with Crippen molar-refractivity contribution in [2.75, 3.05) is 33.3 Å². The standard InChI is InChI=1S/C22H23N3O3/c1-27-19-9-5-6-17(14-19)16-24-10-12-25(13-11-24)22(26)20-15-21(28-23-20)18-7-3-2-4-8-18/h2-9,14-15H,10-13,16H2,1H3. The van der Waals surface area contributed by atoms with Crippen LogP contribution in [0.3, 0.4) is 0 Å². The van der Waals surface area contributed by atoms with E-state index in [1.165, 1.54) is 5.56 Å². The molecule has 2 heterocycles. The van der Waals surface area contributed by atoms with E-state index in [1.54, 1.807) is 13.2 Å². The van der Waals surface area contributed by atoms with Gasteiger partial charge < -0.3 is 14.2 Å². The van der Waals surface area contributed by atoms with Crippen molar-refractivity contribution in [3.8, 4) is 17.1 Å². The molecule has 1 amide bonds. The van der Waals surface area contributed by atoms with Crippen molar-refractivity contribution in [1.29, 1.82) is 0 Å². The zero-order valence-electron chi connectivity index (χ0n) is 15.9. The number of hydrogen-bond donors (Lipinski definition) is 0. The average Bonchev–Trinajstić information content (AvgIpc) is 3.25. The minimum atomic E-state index is -0.0769. The van der Waals surface area contributed by atoms with Crippen molar-refractivity contribution in [3.63, 3.8) is 0 Å². The summed E-state index contributed by atoms with van der Waals surface area (Å²) in [5.41, 5.74) is 2.49. The Labute approximate surface area is 164 Å². The van der Waals surface area contributed by atoms with Gasteiger partial charge in [0.2, 0.25) is 0 Å². The molecule has 0 spiro atoms. The number of hydrogen-bond acceptors (Lipinski definition) is 5. The van der Waals surface area contributed by atoms with Crippen LogP contribution in [0.2, 0.25) is 0 Å². The van der Waals surface area contributed by atoms with Gasteiger partial charge in [-0.15, -0.1) is 0 Å². The maximum atomic E-state index is 12.8. The highest BCUT2D eigenvalue weighted by atomic mass is 16.5. The molecule has 28 heavy (non-hydrogen) atoms. The molecule has 0 atom stereocenters. The van der Waals surface area contributed by atoms with E-state index in [0.29, 0.717) is 24.5 Å². The number of nitrogens with zero attached hydrogens (tertiary/aromatic N) is 3. The molecule has 6 heteroatoms. The molecule has 0 radical (unpaired) electrons. The van der Waals surface area contributed by atoms with Crippen molar-refractivity contribution in [2.45, 2.75) is 6.54 Å². The molecule has 0 N–H and O–H groups in total. The summed E-state index contributed by atoms with van der Waals surface area (Å²) < 4.78 is 10.7. The predicted molar refractivity (Wildman–Crippen MR) is 106 cm³/mol. The Kier molecular flexibility index (Phi) is 5.39. The Morgan fingerprint density at radius 3 is 2.57 bits per heavy atom. The van der Waals surface area contributed by atoms with Crippen LogP contribution >= 0.6 is 0 Å².